The first-order valence-electron chi connectivity index (χ1n) is 7.89. The van der Waals surface area contributed by atoms with E-state index in [0.717, 1.165) is 29.6 Å². The molecular formula is C23H24. The van der Waals surface area contributed by atoms with Gasteiger partial charge in [0, 0.05) is 0 Å². The fourth-order valence-corrected chi connectivity index (χ4v) is 2.33. The maximum absolute atomic E-state index is 4.19. The lowest BCUT2D eigenvalue weighted by Crippen LogP contribution is -1.85. The van der Waals surface area contributed by atoms with Crippen LogP contribution in [-0.2, 0) is 0 Å². The molecule has 0 fully saturated rings. The molecule has 0 radical (unpaired) electrons. The van der Waals surface area contributed by atoms with E-state index in [2.05, 4.69) is 80.5 Å². The molecule has 0 aromatic heterocycles. The highest BCUT2D eigenvalue weighted by Crippen LogP contribution is 2.21. The number of hydrogen-bond donors (Lipinski definition) is 0. The van der Waals surface area contributed by atoms with Crippen LogP contribution in [0, 0.1) is 0 Å². The lowest BCUT2D eigenvalue weighted by Gasteiger charge is -2.06. The Morgan fingerprint density at radius 1 is 1.13 bits per heavy atom. The van der Waals surface area contributed by atoms with Crippen molar-refractivity contribution in [2.75, 3.05) is 0 Å². The minimum Gasteiger partial charge on any atom is -0.0955 e. The van der Waals surface area contributed by atoms with Gasteiger partial charge in [-0.3, -0.25) is 0 Å². The quantitative estimate of drug-likeness (QED) is 0.493. The van der Waals surface area contributed by atoms with Gasteiger partial charge in [-0.25, -0.2) is 0 Å². The molecule has 0 unspecified atom stereocenters. The molecule has 0 aliphatic heterocycles. The molecule has 0 heterocycles. The highest BCUT2D eigenvalue weighted by Gasteiger charge is 2.00. The summed E-state index contributed by atoms with van der Waals surface area (Å²) in [6.07, 6.45) is 16.5. The van der Waals surface area contributed by atoms with E-state index in [4.69, 9.17) is 0 Å². The molecule has 0 nitrogen and oxygen atoms in total. The predicted molar refractivity (Wildman–Crippen MR) is 104 cm³/mol. The Hall–Kier alpha value is -2.60. The molecule has 0 amide bonds. The molecular weight excluding hydrogens is 276 g/mol. The molecule has 1 aromatic rings. The number of rotatable bonds is 7. The Balaban J connectivity index is 1.89. The summed E-state index contributed by atoms with van der Waals surface area (Å²) >= 11 is 0. The van der Waals surface area contributed by atoms with E-state index in [1.54, 1.807) is 0 Å². The van der Waals surface area contributed by atoms with E-state index >= 15 is 0 Å². The van der Waals surface area contributed by atoms with Gasteiger partial charge >= 0.3 is 0 Å². The van der Waals surface area contributed by atoms with E-state index in [0.29, 0.717) is 0 Å². The molecule has 1 aliphatic rings. The third kappa shape index (κ3) is 5.27. The summed E-state index contributed by atoms with van der Waals surface area (Å²) in [6, 6.07) is 8.37. The van der Waals surface area contributed by atoms with Crippen LogP contribution < -0.4 is 0 Å². The number of benzene rings is 1. The predicted octanol–water partition coefficient (Wildman–Crippen LogP) is 6.68. The van der Waals surface area contributed by atoms with Crippen molar-refractivity contribution in [2.45, 2.75) is 19.8 Å². The minimum absolute atomic E-state index is 0.816. The summed E-state index contributed by atoms with van der Waals surface area (Å²) in [6.45, 7) is 14.3. The van der Waals surface area contributed by atoms with E-state index < -0.39 is 0 Å². The van der Waals surface area contributed by atoms with E-state index in [9.17, 15) is 0 Å². The zero-order valence-corrected chi connectivity index (χ0v) is 13.9. The molecule has 0 bridgehead atoms. The van der Waals surface area contributed by atoms with Gasteiger partial charge in [0.05, 0.1) is 0 Å². The number of allylic oxidation sites excluding steroid dienone is 11. The summed E-state index contributed by atoms with van der Waals surface area (Å²) in [4.78, 5) is 0. The molecule has 0 atom stereocenters. The Labute approximate surface area is 140 Å². The van der Waals surface area contributed by atoms with Crippen molar-refractivity contribution >= 4 is 11.1 Å². The standard InChI is InChI=1S/C23H24/c1-18(2)22-13-8-14-23(17-22)20(4)10-7-9-19(3)15-16-21-11-5-6-12-21/h5-9,11,13-17H,1,3-4,10,12H2,2H3/b9-7-,16-15+. The number of hydrogen-bond acceptors (Lipinski definition) is 0. The molecule has 1 aliphatic carbocycles. The van der Waals surface area contributed by atoms with Crippen molar-refractivity contribution in [1.82, 2.24) is 0 Å². The van der Waals surface area contributed by atoms with Crippen LogP contribution in [0.5, 0.6) is 0 Å². The Morgan fingerprint density at radius 2 is 1.91 bits per heavy atom. The van der Waals surface area contributed by atoms with Crippen LogP contribution in [0.25, 0.3) is 11.1 Å². The van der Waals surface area contributed by atoms with Gasteiger partial charge < -0.3 is 0 Å². The second-order valence-corrected chi connectivity index (χ2v) is 5.85. The largest absolute Gasteiger partial charge is 0.0955 e. The van der Waals surface area contributed by atoms with Gasteiger partial charge in [0.2, 0.25) is 0 Å². The lowest BCUT2D eigenvalue weighted by molar-refractivity contribution is 1.33. The molecule has 0 spiro atoms. The maximum Gasteiger partial charge on any atom is -0.00941 e. The lowest BCUT2D eigenvalue weighted by atomic mass is 9.99. The molecule has 0 saturated carbocycles. The first-order valence-corrected chi connectivity index (χ1v) is 7.89. The van der Waals surface area contributed by atoms with Crippen LogP contribution in [-0.4, -0.2) is 0 Å². The SMILES string of the molecule is C=C(/C=C\CC(=C)c1cccc(C(=C)C)c1)/C=C/C1=CC=CC1. The molecule has 116 valence electrons. The normalized spacial score (nSPS) is 13.7. The van der Waals surface area contributed by atoms with Crippen LogP contribution in [0.15, 0.2) is 97.7 Å². The van der Waals surface area contributed by atoms with Crippen LogP contribution in [0.3, 0.4) is 0 Å². The van der Waals surface area contributed by atoms with Gasteiger partial charge in [0.1, 0.15) is 0 Å². The molecule has 0 heteroatoms. The van der Waals surface area contributed by atoms with Gasteiger partial charge in [0.25, 0.3) is 0 Å². The van der Waals surface area contributed by atoms with Crippen molar-refractivity contribution in [3.8, 4) is 0 Å². The first-order chi connectivity index (χ1) is 11.1. The molecule has 1 aromatic carbocycles. The average Bonchev–Trinajstić information content (AvgIpc) is 3.06. The van der Waals surface area contributed by atoms with Crippen LogP contribution in [0.1, 0.15) is 30.9 Å². The third-order valence-electron chi connectivity index (χ3n) is 3.77. The topological polar surface area (TPSA) is 0 Å². The second-order valence-electron chi connectivity index (χ2n) is 5.85. The Bertz CT molecular complexity index is 733. The second kappa shape index (κ2) is 8.14. The van der Waals surface area contributed by atoms with Gasteiger partial charge in [-0.05, 0) is 53.7 Å². The van der Waals surface area contributed by atoms with Gasteiger partial charge in [0.15, 0.2) is 0 Å². The summed E-state index contributed by atoms with van der Waals surface area (Å²) < 4.78 is 0. The zero-order chi connectivity index (χ0) is 16.7. The van der Waals surface area contributed by atoms with E-state index in [-0.39, 0.29) is 0 Å². The molecule has 2 rings (SSSR count). The van der Waals surface area contributed by atoms with Gasteiger partial charge in [-0.1, -0.05) is 86.0 Å². The van der Waals surface area contributed by atoms with E-state index in [1.807, 2.05) is 13.0 Å². The van der Waals surface area contributed by atoms with Gasteiger partial charge in [-0.2, -0.15) is 0 Å². The third-order valence-corrected chi connectivity index (χ3v) is 3.77. The summed E-state index contributed by atoms with van der Waals surface area (Å²) in [5.74, 6) is 0. The van der Waals surface area contributed by atoms with Crippen LogP contribution >= 0.6 is 0 Å². The van der Waals surface area contributed by atoms with Crippen molar-refractivity contribution in [1.29, 1.82) is 0 Å². The molecule has 0 saturated heterocycles. The molecule has 23 heavy (non-hydrogen) atoms. The monoisotopic (exact) mass is 300 g/mol. The van der Waals surface area contributed by atoms with Crippen molar-refractivity contribution in [2.24, 2.45) is 0 Å². The maximum atomic E-state index is 4.19. The molecule has 0 N–H and O–H groups in total. The fourth-order valence-electron chi connectivity index (χ4n) is 2.33. The summed E-state index contributed by atoms with van der Waals surface area (Å²) in [7, 11) is 0. The average molecular weight is 300 g/mol. The smallest absolute Gasteiger partial charge is 0.00941 e. The summed E-state index contributed by atoms with van der Waals surface area (Å²) in [5.41, 5.74) is 6.83. The minimum atomic E-state index is 0.816. The van der Waals surface area contributed by atoms with Crippen LogP contribution in [0.2, 0.25) is 0 Å². The fraction of sp³-hybridized carbons (Fsp3) is 0.130. The summed E-state index contributed by atoms with van der Waals surface area (Å²) in [5, 5.41) is 0. The van der Waals surface area contributed by atoms with Crippen molar-refractivity contribution < 1.29 is 0 Å². The zero-order valence-electron chi connectivity index (χ0n) is 13.9. The Kier molecular flexibility index (Phi) is 5.94. The van der Waals surface area contributed by atoms with Gasteiger partial charge in [-0.15, -0.1) is 0 Å². The first kappa shape index (κ1) is 16.8. The van der Waals surface area contributed by atoms with Crippen LogP contribution in [0.4, 0.5) is 0 Å². The van der Waals surface area contributed by atoms with Crippen molar-refractivity contribution in [3.63, 3.8) is 0 Å². The Morgan fingerprint density at radius 3 is 2.61 bits per heavy atom. The van der Waals surface area contributed by atoms with E-state index in [1.165, 1.54) is 16.7 Å². The van der Waals surface area contributed by atoms with Crippen molar-refractivity contribution in [3.05, 3.63) is 109 Å². The highest BCUT2D eigenvalue weighted by molar-refractivity contribution is 5.70. The highest BCUT2D eigenvalue weighted by atomic mass is 14.0.